The summed E-state index contributed by atoms with van der Waals surface area (Å²) in [5, 5.41) is 45.9. The molecule has 1 saturated heterocycles. The van der Waals surface area contributed by atoms with Gasteiger partial charge in [0.05, 0.1) is 54.0 Å². The first-order valence-corrected chi connectivity index (χ1v) is 35.3. The first-order valence-electron chi connectivity index (χ1n) is 31.6. The normalized spacial score (nSPS) is 17.4. The molecule has 1 aliphatic carbocycles. The Morgan fingerprint density at radius 3 is 2.09 bits per heavy atom. The molecule has 8 aromatic rings. The van der Waals surface area contributed by atoms with Gasteiger partial charge in [-0.25, -0.2) is 13.6 Å². The maximum Gasteiger partial charge on any atom is 0.394 e. The van der Waals surface area contributed by atoms with E-state index in [1.165, 1.54) is 22.8 Å². The van der Waals surface area contributed by atoms with E-state index in [2.05, 4.69) is 30.8 Å². The third-order valence-corrected chi connectivity index (χ3v) is 18.4. The van der Waals surface area contributed by atoms with Gasteiger partial charge < -0.3 is 30.7 Å². The number of nitrogens with zero attached hydrogens (tertiary/aromatic N) is 5. The van der Waals surface area contributed by atoms with Crippen LogP contribution in [0.1, 0.15) is 99.9 Å². The number of para-hydroxylation sites is 1. The van der Waals surface area contributed by atoms with E-state index in [0.29, 0.717) is 71.0 Å². The summed E-state index contributed by atoms with van der Waals surface area (Å²) in [7, 11) is -7.13. The number of methoxy groups -OCH3 is 1. The van der Waals surface area contributed by atoms with E-state index in [9.17, 15) is 47.7 Å². The average molecular weight is 1440 g/mol. The highest BCUT2D eigenvalue weighted by Crippen LogP contribution is 2.35. The van der Waals surface area contributed by atoms with Crippen molar-refractivity contribution in [3.8, 4) is 5.75 Å². The van der Waals surface area contributed by atoms with Crippen LogP contribution < -0.4 is 30.9 Å². The molecule has 99 heavy (non-hydrogen) atoms. The van der Waals surface area contributed by atoms with Crippen molar-refractivity contribution in [3.63, 3.8) is 0 Å². The number of hydrazine groups is 1. The van der Waals surface area contributed by atoms with Crippen LogP contribution in [0, 0.1) is 12.8 Å². The topological polar surface area (TPSA) is 354 Å². The number of ether oxygens (including phenoxy) is 1. The van der Waals surface area contributed by atoms with E-state index in [4.69, 9.17) is 50.6 Å². The van der Waals surface area contributed by atoms with Crippen molar-refractivity contribution in [2.24, 2.45) is 11.1 Å². The summed E-state index contributed by atoms with van der Waals surface area (Å²) < 4.78 is 61.4. The molecular formula is C71H81Cl2N9O15S2. The van der Waals surface area contributed by atoms with E-state index >= 15 is 0 Å². The summed E-state index contributed by atoms with van der Waals surface area (Å²) in [6.07, 6.45) is 3.91. The molecule has 24 nitrogen and oxygen atoms in total. The van der Waals surface area contributed by atoms with E-state index in [-0.39, 0.29) is 58.6 Å². The number of primary sulfonamides is 1. The molecule has 0 bridgehead atoms. The molecule has 3 amide bonds. The lowest BCUT2D eigenvalue weighted by Crippen LogP contribution is -2.61. The number of aliphatic hydroxyl groups is 2. The number of hydrogen-bond donors (Lipinski definition) is 9. The number of nitrogens with two attached hydrogens (primary N) is 1. The molecule has 2 aromatic heterocycles. The Bertz CT molecular complexity index is 4410. The van der Waals surface area contributed by atoms with Gasteiger partial charge in [0, 0.05) is 90.2 Å². The number of amides is 3. The Hall–Kier alpha value is -8.64. The Morgan fingerprint density at radius 2 is 1.44 bits per heavy atom. The van der Waals surface area contributed by atoms with Crippen molar-refractivity contribution >= 4 is 89.8 Å². The van der Waals surface area contributed by atoms with Crippen molar-refractivity contribution in [2.45, 2.75) is 114 Å². The molecule has 10 N–H and O–H groups in total. The number of nitrogens with one attached hydrogen (secondary N) is 3. The fourth-order valence-corrected chi connectivity index (χ4v) is 13.5. The highest BCUT2D eigenvalue weighted by Gasteiger charge is 2.38. The van der Waals surface area contributed by atoms with Gasteiger partial charge in [-0.2, -0.15) is 8.42 Å². The second-order valence-corrected chi connectivity index (χ2v) is 28.6. The Kier molecular flexibility index (Phi) is 25.7. The van der Waals surface area contributed by atoms with Gasteiger partial charge in [-0.05, 0) is 160 Å². The first-order chi connectivity index (χ1) is 46.7. The van der Waals surface area contributed by atoms with E-state index < -0.39 is 68.0 Å². The summed E-state index contributed by atoms with van der Waals surface area (Å²) in [6.45, 7) is 12.5. The van der Waals surface area contributed by atoms with Gasteiger partial charge in [0.15, 0.2) is 0 Å². The second-order valence-electron chi connectivity index (χ2n) is 25.4. The lowest BCUT2D eigenvalue weighted by atomic mass is 9.91. The number of hydrogen-bond acceptors (Lipinski definition) is 16. The SMILES string of the molecule is CC(C)(C)NC(=O)[C@@H]1CN(Cc2cccnc2)CCN1C[C@@H](O)C[C@@H](Cc1ccccc1)C(=O)N[C@H]1c2ccccc2C[C@H]1O.CC1Cc2ccccc2N1NC(=O)c1ccc(Cl)c(S(N)(=O)=O)c1.COc1ccc2c(c1)c(CC(=O)O)c(C)n2C(=O)c1ccc(Cl)cc1.O=S(=O)(O)O. The van der Waals surface area contributed by atoms with Gasteiger partial charge in [-0.15, -0.1) is 0 Å². The van der Waals surface area contributed by atoms with Crippen LogP contribution >= 0.6 is 23.2 Å². The molecule has 3 aliphatic rings. The summed E-state index contributed by atoms with van der Waals surface area (Å²) in [5.74, 6) is -1.80. The molecule has 4 heterocycles. The Morgan fingerprint density at radius 1 is 0.798 bits per heavy atom. The zero-order valence-corrected chi connectivity index (χ0v) is 58.5. The molecule has 526 valence electrons. The van der Waals surface area contributed by atoms with Crippen LogP contribution in [-0.4, -0.2) is 153 Å². The van der Waals surface area contributed by atoms with E-state index in [1.807, 2.05) is 125 Å². The van der Waals surface area contributed by atoms with Crippen molar-refractivity contribution in [1.82, 2.24) is 35.4 Å². The lowest BCUT2D eigenvalue weighted by molar-refractivity contribution is -0.136. The number of aliphatic carboxylic acids is 1. The molecule has 0 radical (unpaired) electrons. The number of carboxylic acids is 1. The average Bonchev–Trinajstić information content (AvgIpc) is 1.62. The quantitative estimate of drug-likeness (QED) is 0.0365. The summed E-state index contributed by atoms with van der Waals surface area (Å²) in [6, 6.07) is 44.4. The van der Waals surface area contributed by atoms with Crippen LogP contribution in [0.4, 0.5) is 5.69 Å². The molecule has 0 saturated carbocycles. The Balaban J connectivity index is 0.000000196. The zero-order valence-electron chi connectivity index (χ0n) is 55.3. The second kappa shape index (κ2) is 33.5. The minimum atomic E-state index is -4.67. The molecular weight excluding hydrogens is 1350 g/mol. The summed E-state index contributed by atoms with van der Waals surface area (Å²) in [5.41, 5.74) is 11.1. The van der Waals surface area contributed by atoms with E-state index in [0.717, 1.165) is 46.5 Å². The maximum atomic E-state index is 13.8. The standard InChI is InChI=1S/C36H47N5O4.C19H16ClNO4.C16H16ClN3O3S.H2O4S/c1-36(2,3)39-35(45)31-24-40(22-26-12-9-15-37-21-26)16-17-41(31)23-29(42)19-28(18-25-10-5-4-6-11-25)34(44)38-33-30-14-8-7-13-27(30)20-32(33)43;1-11-15(10-18(22)23)16-9-14(25-2)7-8-17(16)21(11)19(24)12-3-5-13(20)6-4-12;1-10-8-11-4-2-3-5-14(11)20(10)19-16(21)12-6-7-13(17)15(9-12)24(18,22)23;1-5(2,3)4/h4-15,21,28-29,31-33,42-43H,16-20,22-24H2,1-3H3,(H,38,44)(H,39,45);3-9H,10H2,1-2H3,(H,22,23);2-7,9-10H,8H2,1H3,(H,19,21)(H2,18,22,23);(H2,1,2,3,4)/t28-,29+,31+,32-,33+;;;/m1.../s1. The van der Waals surface area contributed by atoms with Gasteiger partial charge in [-0.3, -0.25) is 62.9 Å². The molecule has 1 unspecified atom stereocenters. The van der Waals surface area contributed by atoms with Crippen LogP contribution in [0.25, 0.3) is 10.9 Å². The minimum Gasteiger partial charge on any atom is -0.497 e. The lowest BCUT2D eigenvalue weighted by Gasteiger charge is -2.42. The fourth-order valence-electron chi connectivity index (χ4n) is 12.3. The summed E-state index contributed by atoms with van der Waals surface area (Å²) in [4.78, 5) is 72.4. The number of aromatic nitrogens is 2. The maximum absolute atomic E-state index is 13.8. The summed E-state index contributed by atoms with van der Waals surface area (Å²) >= 11 is 11.7. The predicted molar refractivity (Wildman–Crippen MR) is 376 cm³/mol. The largest absolute Gasteiger partial charge is 0.497 e. The number of benzene rings is 6. The number of pyridine rings is 1. The van der Waals surface area contributed by atoms with Gasteiger partial charge in [0.2, 0.25) is 21.8 Å². The number of carboxylic acid groups (broad SMARTS) is 1. The van der Waals surface area contributed by atoms with Gasteiger partial charge in [0.25, 0.3) is 11.8 Å². The van der Waals surface area contributed by atoms with Crippen molar-refractivity contribution < 1.29 is 70.0 Å². The molecule has 2 aliphatic heterocycles. The number of halogens is 2. The molecule has 28 heteroatoms. The van der Waals surface area contributed by atoms with Crippen LogP contribution in [-0.2, 0) is 67.0 Å². The van der Waals surface area contributed by atoms with Crippen LogP contribution in [0.5, 0.6) is 5.75 Å². The van der Waals surface area contributed by atoms with Crippen molar-refractivity contribution in [3.05, 3.63) is 224 Å². The molecule has 11 rings (SSSR count). The monoisotopic (exact) mass is 1430 g/mol. The minimum absolute atomic E-state index is 0.0195. The first kappa shape index (κ1) is 76.1. The fraction of sp³-hybridized carbons (Fsp3) is 0.324. The highest BCUT2D eigenvalue weighted by atomic mass is 35.5. The number of rotatable bonds is 18. The molecule has 6 atom stereocenters. The van der Waals surface area contributed by atoms with Crippen LogP contribution in [0.15, 0.2) is 169 Å². The number of piperazine rings is 1. The highest BCUT2D eigenvalue weighted by molar-refractivity contribution is 7.89. The third kappa shape index (κ3) is 21.2. The number of anilines is 1. The molecule has 6 aromatic carbocycles. The number of carbonyl (C=O) groups is 5. The number of sulfonamides is 1. The smallest absolute Gasteiger partial charge is 0.394 e. The van der Waals surface area contributed by atoms with Crippen molar-refractivity contribution in [1.29, 1.82) is 0 Å². The van der Waals surface area contributed by atoms with E-state index in [1.54, 1.807) is 67.7 Å². The van der Waals surface area contributed by atoms with Crippen LogP contribution in [0.3, 0.4) is 0 Å². The zero-order chi connectivity index (χ0) is 72.1. The number of aliphatic hydroxyl groups excluding tert-OH is 2. The predicted octanol–water partition coefficient (Wildman–Crippen LogP) is 8.22. The van der Waals surface area contributed by atoms with Crippen molar-refractivity contribution in [2.75, 3.05) is 38.3 Å². The molecule has 0 spiro atoms. The third-order valence-electron chi connectivity index (χ3n) is 16.8. The van der Waals surface area contributed by atoms with Gasteiger partial charge in [0.1, 0.15) is 16.7 Å². The number of fused-ring (bicyclic) bond motifs is 3. The van der Waals surface area contributed by atoms with Gasteiger partial charge >= 0.3 is 16.4 Å². The number of β-amino-alcohol motifs (C(OH)–C–C–N with tert-alkyl or cyclic N) is 1. The number of carbonyl (C=O) groups excluding carboxylic acids is 4. The Labute approximate surface area is 585 Å². The van der Waals surface area contributed by atoms with Gasteiger partial charge in [-0.1, -0.05) is 102 Å². The van der Waals surface area contributed by atoms with Crippen LogP contribution in [0.2, 0.25) is 10.0 Å². The molecule has 1 fully saturated rings.